The number of carbonyl (C=O) groups is 1. The van der Waals surface area contributed by atoms with Crippen LogP contribution in [0, 0.1) is 6.92 Å². The Kier molecular flexibility index (Phi) is 5.30. The van der Waals surface area contributed by atoms with Crippen LogP contribution in [-0.2, 0) is 10.0 Å². The second-order valence-corrected chi connectivity index (χ2v) is 10.2. The van der Waals surface area contributed by atoms with E-state index in [9.17, 15) is 13.2 Å². The van der Waals surface area contributed by atoms with Gasteiger partial charge in [-0.3, -0.25) is 9.52 Å². The topological polar surface area (TPSA) is 88.2 Å². The number of halogens is 1. The Balaban J connectivity index is 1.53. The molecule has 29 heavy (non-hydrogen) atoms. The second kappa shape index (κ2) is 7.75. The molecule has 148 valence electrons. The van der Waals surface area contributed by atoms with Gasteiger partial charge in [-0.15, -0.1) is 22.7 Å². The van der Waals surface area contributed by atoms with Gasteiger partial charge in [-0.25, -0.2) is 13.4 Å². The maximum atomic E-state index is 12.7. The number of benzene rings is 2. The highest BCUT2D eigenvalue weighted by atomic mass is 35.5. The van der Waals surface area contributed by atoms with Gasteiger partial charge in [0.1, 0.15) is 0 Å². The minimum absolute atomic E-state index is 0.0818. The number of hydrogen-bond acceptors (Lipinski definition) is 6. The monoisotopic (exact) mass is 463 g/mol. The first-order valence-corrected chi connectivity index (χ1v) is 11.9. The Hall–Kier alpha value is -2.46. The molecule has 0 unspecified atom stereocenters. The van der Waals surface area contributed by atoms with Crippen molar-refractivity contribution in [2.45, 2.75) is 11.8 Å². The molecule has 1 amide bonds. The minimum atomic E-state index is -3.73. The highest BCUT2D eigenvalue weighted by Crippen LogP contribution is 2.33. The van der Waals surface area contributed by atoms with Crippen LogP contribution in [0.2, 0.25) is 5.02 Å². The van der Waals surface area contributed by atoms with Crippen molar-refractivity contribution in [3.63, 3.8) is 0 Å². The van der Waals surface area contributed by atoms with Crippen molar-refractivity contribution in [1.82, 2.24) is 4.98 Å². The van der Waals surface area contributed by atoms with Crippen LogP contribution in [0.15, 0.2) is 58.9 Å². The summed E-state index contributed by atoms with van der Waals surface area (Å²) >= 11 is 8.63. The Bertz CT molecular complexity index is 1300. The molecule has 0 radical (unpaired) electrons. The third-order valence-corrected chi connectivity index (χ3v) is 7.86. The third-order valence-electron chi connectivity index (χ3n) is 4.18. The lowest BCUT2D eigenvalue weighted by Crippen LogP contribution is -2.14. The summed E-state index contributed by atoms with van der Waals surface area (Å²) in [6.07, 6.45) is 1.52. The van der Waals surface area contributed by atoms with Crippen LogP contribution in [-0.4, -0.2) is 19.3 Å². The number of carbonyl (C=O) groups excluding carboxylic acids is 1. The zero-order valence-electron chi connectivity index (χ0n) is 15.0. The lowest BCUT2D eigenvalue weighted by atomic mass is 10.1. The van der Waals surface area contributed by atoms with Crippen LogP contribution in [0.5, 0.6) is 0 Å². The van der Waals surface area contributed by atoms with Gasteiger partial charge in [0.2, 0.25) is 0 Å². The summed E-state index contributed by atoms with van der Waals surface area (Å²) in [5.74, 6) is -0.253. The molecular weight excluding hydrogens is 450 g/mol. The smallest absolute Gasteiger partial charge is 0.266 e. The van der Waals surface area contributed by atoms with E-state index >= 15 is 0 Å². The molecule has 0 fully saturated rings. The molecule has 0 saturated carbocycles. The number of sulfonamides is 1. The predicted octanol–water partition coefficient (Wildman–Crippen LogP) is 5.37. The fourth-order valence-corrected chi connectivity index (χ4v) is 5.81. The van der Waals surface area contributed by atoms with Crippen LogP contribution in [0.25, 0.3) is 10.1 Å². The maximum Gasteiger partial charge on any atom is 0.266 e. The molecule has 4 aromatic rings. The van der Waals surface area contributed by atoms with Gasteiger partial charge in [-0.05, 0) is 60.3 Å². The molecule has 2 N–H and O–H groups in total. The molecule has 0 spiro atoms. The van der Waals surface area contributed by atoms with E-state index in [1.165, 1.54) is 41.0 Å². The van der Waals surface area contributed by atoms with Gasteiger partial charge in [0.05, 0.1) is 9.77 Å². The highest BCUT2D eigenvalue weighted by Gasteiger charge is 2.18. The van der Waals surface area contributed by atoms with Gasteiger partial charge < -0.3 is 5.32 Å². The van der Waals surface area contributed by atoms with E-state index in [-0.39, 0.29) is 10.8 Å². The predicted molar refractivity (Wildman–Crippen MR) is 119 cm³/mol. The lowest BCUT2D eigenvalue weighted by molar-refractivity contribution is 0.103. The van der Waals surface area contributed by atoms with Gasteiger partial charge in [0.15, 0.2) is 5.13 Å². The molecule has 10 heteroatoms. The molecule has 2 aromatic carbocycles. The van der Waals surface area contributed by atoms with E-state index in [2.05, 4.69) is 15.0 Å². The first-order valence-electron chi connectivity index (χ1n) is 8.36. The number of hydrogen-bond donors (Lipinski definition) is 2. The molecule has 2 heterocycles. The van der Waals surface area contributed by atoms with E-state index in [0.29, 0.717) is 20.7 Å². The quantitative estimate of drug-likeness (QED) is 0.416. The van der Waals surface area contributed by atoms with E-state index < -0.39 is 10.0 Å². The average Bonchev–Trinajstić information content (AvgIpc) is 3.30. The van der Waals surface area contributed by atoms with Crippen molar-refractivity contribution in [3.05, 3.63) is 69.5 Å². The van der Waals surface area contributed by atoms with Crippen LogP contribution >= 0.6 is 34.3 Å². The molecule has 4 rings (SSSR count). The fraction of sp³-hybridized carbons (Fsp3) is 0.0526. The van der Waals surface area contributed by atoms with E-state index in [4.69, 9.17) is 11.6 Å². The van der Waals surface area contributed by atoms with E-state index in [1.807, 2.05) is 19.1 Å². The number of aromatic nitrogens is 1. The molecule has 0 atom stereocenters. The number of rotatable bonds is 5. The molecule has 0 aliphatic heterocycles. The number of anilines is 2. The van der Waals surface area contributed by atoms with Gasteiger partial charge in [-0.1, -0.05) is 11.6 Å². The molecule has 2 aromatic heterocycles. The maximum absolute atomic E-state index is 12.7. The first-order chi connectivity index (χ1) is 13.8. The second-order valence-electron chi connectivity index (χ2n) is 6.12. The molecule has 6 nitrogen and oxygen atoms in total. The summed E-state index contributed by atoms with van der Waals surface area (Å²) in [5, 5.41) is 6.35. The number of nitrogens with zero attached hydrogens (tertiary/aromatic N) is 1. The molecular formula is C19H14ClN3O3S3. The zero-order chi connectivity index (χ0) is 20.6. The summed E-state index contributed by atoms with van der Waals surface area (Å²) in [5.41, 5.74) is 1.36. The third kappa shape index (κ3) is 4.13. The van der Waals surface area contributed by atoms with Crippen molar-refractivity contribution in [2.75, 3.05) is 10.0 Å². The molecule has 0 aliphatic carbocycles. The van der Waals surface area contributed by atoms with Crippen LogP contribution < -0.4 is 10.0 Å². The van der Waals surface area contributed by atoms with Crippen LogP contribution in [0.4, 0.5) is 10.8 Å². The number of thiazole rings is 1. The van der Waals surface area contributed by atoms with E-state index in [0.717, 1.165) is 15.6 Å². The Morgan fingerprint density at radius 1 is 1.14 bits per heavy atom. The van der Waals surface area contributed by atoms with Crippen LogP contribution in [0.1, 0.15) is 15.2 Å². The Morgan fingerprint density at radius 3 is 2.59 bits per heavy atom. The Morgan fingerprint density at radius 2 is 1.90 bits per heavy atom. The normalized spacial score (nSPS) is 11.5. The van der Waals surface area contributed by atoms with Gasteiger partial charge in [0.25, 0.3) is 15.9 Å². The summed E-state index contributed by atoms with van der Waals surface area (Å²) in [7, 11) is -3.73. The van der Waals surface area contributed by atoms with Gasteiger partial charge in [-0.2, -0.15) is 0 Å². The van der Waals surface area contributed by atoms with Gasteiger partial charge >= 0.3 is 0 Å². The van der Waals surface area contributed by atoms with Crippen LogP contribution in [0.3, 0.4) is 0 Å². The SMILES string of the molecule is Cc1c(C(=O)Nc2ccc(S(=O)(=O)Nc3nccs3)cc2)sc2ccc(Cl)cc12. The molecule has 0 saturated heterocycles. The molecule has 0 aliphatic rings. The van der Waals surface area contributed by atoms with E-state index in [1.54, 1.807) is 23.6 Å². The number of aryl methyl sites for hydroxylation is 1. The van der Waals surface area contributed by atoms with Crippen molar-refractivity contribution < 1.29 is 13.2 Å². The number of thiophene rings is 1. The zero-order valence-corrected chi connectivity index (χ0v) is 18.2. The summed E-state index contributed by atoms with van der Waals surface area (Å²) in [6, 6.07) is 11.5. The molecule has 0 bridgehead atoms. The van der Waals surface area contributed by atoms with Crippen molar-refractivity contribution >= 4 is 71.1 Å². The van der Waals surface area contributed by atoms with Gasteiger partial charge in [0, 0.05) is 27.0 Å². The standard InChI is InChI=1S/C19H14ClN3O3S3/c1-11-15-10-12(20)2-7-16(15)28-17(11)18(24)22-13-3-5-14(6-4-13)29(25,26)23-19-21-8-9-27-19/h2-10H,1H3,(H,21,23)(H,22,24). The van der Waals surface area contributed by atoms with Crippen molar-refractivity contribution in [3.8, 4) is 0 Å². The van der Waals surface area contributed by atoms with Crippen molar-refractivity contribution in [1.29, 1.82) is 0 Å². The first kappa shape index (κ1) is 19.8. The Labute approximate surface area is 180 Å². The highest BCUT2D eigenvalue weighted by molar-refractivity contribution is 7.93. The largest absolute Gasteiger partial charge is 0.321 e. The minimum Gasteiger partial charge on any atom is -0.321 e. The lowest BCUT2D eigenvalue weighted by Gasteiger charge is -2.08. The summed E-state index contributed by atoms with van der Waals surface area (Å²) < 4.78 is 28.2. The summed E-state index contributed by atoms with van der Waals surface area (Å²) in [6.45, 7) is 1.88. The average molecular weight is 464 g/mol. The number of fused-ring (bicyclic) bond motifs is 1. The summed E-state index contributed by atoms with van der Waals surface area (Å²) in [4.78, 5) is 17.3. The number of amides is 1. The fourth-order valence-electron chi connectivity index (χ4n) is 2.76. The van der Waals surface area contributed by atoms with Crippen molar-refractivity contribution in [2.24, 2.45) is 0 Å². The number of nitrogens with one attached hydrogen (secondary N) is 2.